The van der Waals surface area contributed by atoms with E-state index in [1.807, 2.05) is 31.2 Å². The molecule has 20 heavy (non-hydrogen) atoms. The first-order valence-electron chi connectivity index (χ1n) is 7.47. The lowest BCUT2D eigenvalue weighted by Crippen LogP contribution is -2.35. The van der Waals surface area contributed by atoms with Crippen molar-refractivity contribution in [2.75, 3.05) is 13.1 Å². The highest BCUT2D eigenvalue weighted by molar-refractivity contribution is 5.99. The van der Waals surface area contributed by atoms with Crippen LogP contribution in [0.4, 0.5) is 0 Å². The summed E-state index contributed by atoms with van der Waals surface area (Å²) >= 11 is 0. The fraction of sp³-hybridized carbons (Fsp3) is 0.529. The minimum Gasteiger partial charge on any atom is -0.335 e. The lowest BCUT2D eigenvalue weighted by atomic mass is 9.98. The first-order valence-corrected chi connectivity index (χ1v) is 7.47. The van der Waals surface area contributed by atoms with E-state index in [1.54, 1.807) is 4.90 Å². The third-order valence-electron chi connectivity index (χ3n) is 4.18. The number of carbonyl (C=O) groups is 2. The molecule has 1 atom stereocenters. The Morgan fingerprint density at radius 2 is 2.15 bits per heavy atom. The normalized spacial score (nSPS) is 19.8. The Kier molecular flexibility index (Phi) is 4.94. The average Bonchev–Trinajstić information content (AvgIpc) is 2.62. The summed E-state index contributed by atoms with van der Waals surface area (Å²) in [7, 11) is 0. The second-order valence-corrected chi connectivity index (χ2v) is 5.71. The van der Waals surface area contributed by atoms with Crippen molar-refractivity contribution in [1.82, 2.24) is 4.90 Å². The minimum atomic E-state index is 0.0389. The second-order valence-electron chi connectivity index (χ2n) is 5.71. The fourth-order valence-corrected chi connectivity index (χ4v) is 2.75. The van der Waals surface area contributed by atoms with Crippen LogP contribution in [0.5, 0.6) is 0 Å². The number of benzene rings is 1. The van der Waals surface area contributed by atoms with Gasteiger partial charge in [0.15, 0.2) is 5.78 Å². The number of hydrogen-bond donors (Lipinski definition) is 0. The summed E-state index contributed by atoms with van der Waals surface area (Å²) in [6.45, 7) is 5.08. The molecule has 1 aromatic rings. The number of carbonyl (C=O) groups excluding carboxylic acids is 2. The molecule has 0 spiro atoms. The lowest BCUT2D eigenvalue weighted by molar-refractivity contribution is -0.130. The Hall–Kier alpha value is -1.64. The van der Waals surface area contributed by atoms with Crippen LogP contribution in [-0.4, -0.2) is 29.7 Å². The van der Waals surface area contributed by atoms with E-state index >= 15 is 0 Å². The highest BCUT2D eigenvalue weighted by Gasteiger charge is 2.23. The lowest BCUT2D eigenvalue weighted by Gasteiger charge is -2.20. The summed E-state index contributed by atoms with van der Waals surface area (Å²) in [6, 6.07) is 7.57. The monoisotopic (exact) mass is 273 g/mol. The zero-order chi connectivity index (χ0) is 14.5. The topological polar surface area (TPSA) is 37.4 Å². The van der Waals surface area contributed by atoms with E-state index < -0.39 is 0 Å². The molecule has 1 unspecified atom stereocenters. The van der Waals surface area contributed by atoms with Gasteiger partial charge in [-0.2, -0.15) is 0 Å². The molecule has 108 valence electrons. The maximum absolute atomic E-state index is 12.3. The van der Waals surface area contributed by atoms with Gasteiger partial charge in [0.05, 0.1) is 6.54 Å². The molecule has 1 aromatic carbocycles. The van der Waals surface area contributed by atoms with Gasteiger partial charge in [-0.3, -0.25) is 9.59 Å². The number of amides is 1. The van der Waals surface area contributed by atoms with Crippen LogP contribution in [-0.2, 0) is 4.79 Å². The van der Waals surface area contributed by atoms with Crippen LogP contribution in [0.25, 0.3) is 0 Å². The zero-order valence-electron chi connectivity index (χ0n) is 12.4. The first-order chi connectivity index (χ1) is 9.60. The number of rotatable bonds is 4. The predicted molar refractivity (Wildman–Crippen MR) is 79.7 cm³/mol. The molecule has 0 N–H and O–H groups in total. The van der Waals surface area contributed by atoms with Gasteiger partial charge in [-0.15, -0.1) is 0 Å². The largest absolute Gasteiger partial charge is 0.335 e. The summed E-state index contributed by atoms with van der Waals surface area (Å²) < 4.78 is 0. The van der Waals surface area contributed by atoms with Gasteiger partial charge in [0.25, 0.3) is 0 Å². The molecule has 1 saturated heterocycles. The van der Waals surface area contributed by atoms with Crippen LogP contribution < -0.4 is 0 Å². The number of likely N-dealkylation sites (tertiary alicyclic amines) is 1. The van der Waals surface area contributed by atoms with E-state index in [0.29, 0.717) is 17.9 Å². The van der Waals surface area contributed by atoms with Gasteiger partial charge in [-0.1, -0.05) is 37.1 Å². The number of nitrogens with zero attached hydrogens (tertiary/aromatic N) is 1. The molecule has 1 fully saturated rings. The molecule has 1 aliphatic rings. The van der Waals surface area contributed by atoms with Crippen LogP contribution in [0.2, 0.25) is 0 Å². The summed E-state index contributed by atoms with van der Waals surface area (Å²) in [5, 5.41) is 0. The van der Waals surface area contributed by atoms with Crippen molar-refractivity contribution in [2.24, 2.45) is 5.92 Å². The van der Waals surface area contributed by atoms with Crippen molar-refractivity contribution >= 4 is 11.7 Å². The summed E-state index contributed by atoms with van der Waals surface area (Å²) in [5.41, 5.74) is 1.78. The van der Waals surface area contributed by atoms with Crippen LogP contribution in [0.3, 0.4) is 0 Å². The highest BCUT2D eigenvalue weighted by Crippen LogP contribution is 2.21. The minimum absolute atomic E-state index is 0.0389. The van der Waals surface area contributed by atoms with Crippen LogP contribution in [0.1, 0.15) is 48.5 Å². The quantitative estimate of drug-likeness (QED) is 0.790. The maximum Gasteiger partial charge on any atom is 0.222 e. The molecule has 0 radical (unpaired) electrons. The smallest absolute Gasteiger partial charge is 0.222 e. The molecule has 3 heteroatoms. The zero-order valence-corrected chi connectivity index (χ0v) is 12.4. The first kappa shape index (κ1) is 14.8. The van der Waals surface area contributed by atoms with E-state index in [9.17, 15) is 9.59 Å². The Bertz CT molecular complexity index is 496. The number of ketones is 1. The van der Waals surface area contributed by atoms with E-state index in [-0.39, 0.29) is 18.2 Å². The van der Waals surface area contributed by atoms with Crippen molar-refractivity contribution in [3.05, 3.63) is 35.4 Å². The van der Waals surface area contributed by atoms with Gasteiger partial charge < -0.3 is 4.90 Å². The van der Waals surface area contributed by atoms with Gasteiger partial charge >= 0.3 is 0 Å². The number of Topliss-reactive ketones (excluding diaryl/α,β-unsaturated/α-hetero) is 1. The fourth-order valence-electron chi connectivity index (χ4n) is 2.75. The van der Waals surface area contributed by atoms with Crippen LogP contribution in [0, 0.1) is 12.8 Å². The summed E-state index contributed by atoms with van der Waals surface area (Å²) in [5.74, 6) is 0.789. The summed E-state index contributed by atoms with van der Waals surface area (Å²) in [4.78, 5) is 26.1. The van der Waals surface area contributed by atoms with Gasteiger partial charge in [-0.25, -0.2) is 0 Å². The van der Waals surface area contributed by atoms with Crippen LogP contribution in [0.15, 0.2) is 24.3 Å². The second kappa shape index (κ2) is 6.69. The van der Waals surface area contributed by atoms with Crippen LogP contribution >= 0.6 is 0 Å². The number of aryl methyl sites for hydroxylation is 1. The molecule has 2 rings (SSSR count). The molecule has 1 amide bonds. The van der Waals surface area contributed by atoms with E-state index in [4.69, 9.17) is 0 Å². The molecule has 0 saturated carbocycles. The van der Waals surface area contributed by atoms with E-state index in [1.165, 1.54) is 0 Å². The molecular formula is C17H23NO2. The van der Waals surface area contributed by atoms with Crippen molar-refractivity contribution < 1.29 is 9.59 Å². The Labute approximate surface area is 121 Å². The molecule has 1 heterocycles. The Morgan fingerprint density at radius 3 is 2.85 bits per heavy atom. The van der Waals surface area contributed by atoms with Crippen molar-refractivity contribution in [1.29, 1.82) is 0 Å². The van der Waals surface area contributed by atoms with Crippen molar-refractivity contribution in [3.8, 4) is 0 Å². The van der Waals surface area contributed by atoms with E-state index in [2.05, 4.69) is 6.92 Å². The summed E-state index contributed by atoms with van der Waals surface area (Å²) in [6.07, 6.45) is 3.68. The molecule has 3 nitrogen and oxygen atoms in total. The average molecular weight is 273 g/mol. The molecule has 0 bridgehead atoms. The highest BCUT2D eigenvalue weighted by atomic mass is 16.2. The van der Waals surface area contributed by atoms with Crippen molar-refractivity contribution in [2.45, 2.75) is 39.5 Å². The molecule has 0 aromatic heterocycles. The van der Waals surface area contributed by atoms with E-state index in [0.717, 1.165) is 31.4 Å². The third kappa shape index (κ3) is 3.69. The maximum atomic E-state index is 12.3. The van der Waals surface area contributed by atoms with Gasteiger partial charge in [0.1, 0.15) is 0 Å². The SMILES string of the molecule is CCC1CCC(=O)N(CC(=O)c2cccc(C)c2)CC1. The number of hydrogen-bond acceptors (Lipinski definition) is 2. The predicted octanol–water partition coefficient (Wildman–Crippen LogP) is 3.22. The van der Waals surface area contributed by atoms with Gasteiger partial charge in [-0.05, 0) is 31.7 Å². The Balaban J connectivity index is 2.01. The molecule has 0 aliphatic carbocycles. The van der Waals surface area contributed by atoms with Gasteiger partial charge in [0, 0.05) is 18.5 Å². The standard InChI is InChI=1S/C17H23NO2/c1-3-14-7-8-17(20)18(10-9-14)12-16(19)15-6-4-5-13(2)11-15/h4-6,11,14H,3,7-10,12H2,1-2H3. The van der Waals surface area contributed by atoms with Gasteiger partial charge in [0.2, 0.25) is 5.91 Å². The van der Waals surface area contributed by atoms with Crippen molar-refractivity contribution in [3.63, 3.8) is 0 Å². The third-order valence-corrected chi connectivity index (χ3v) is 4.18. The Morgan fingerprint density at radius 1 is 1.35 bits per heavy atom. The molecule has 1 aliphatic heterocycles. The molecular weight excluding hydrogens is 250 g/mol.